The highest BCUT2D eigenvalue weighted by Crippen LogP contribution is 2.31. The molecule has 1 aliphatic rings. The first kappa shape index (κ1) is 29.8. The lowest BCUT2D eigenvalue weighted by Crippen LogP contribution is -2.53. The Morgan fingerprint density at radius 2 is 1.59 bits per heavy atom. The van der Waals surface area contributed by atoms with Crippen LogP contribution in [0, 0.1) is 0 Å². The molecular weight excluding hydrogens is 580 g/mol. The van der Waals surface area contributed by atoms with Crippen LogP contribution >= 0.6 is 46.4 Å². The number of sulfonamides is 1. The molecule has 1 aliphatic carbocycles. The molecule has 12 heteroatoms. The Kier molecular flexibility index (Phi) is 10.4. The fraction of sp³-hybridized carbons (Fsp3) is 0.440. The number of halogens is 4. The summed E-state index contributed by atoms with van der Waals surface area (Å²) in [6.45, 7) is 0.983. The first-order valence-electron chi connectivity index (χ1n) is 11.8. The van der Waals surface area contributed by atoms with Crippen LogP contribution in [0.15, 0.2) is 36.4 Å². The monoisotopic (exact) mass is 607 g/mol. The third-order valence-electron chi connectivity index (χ3n) is 6.33. The number of anilines is 1. The van der Waals surface area contributed by atoms with E-state index in [4.69, 9.17) is 46.4 Å². The number of benzene rings is 2. The molecule has 37 heavy (non-hydrogen) atoms. The Morgan fingerprint density at radius 3 is 2.22 bits per heavy atom. The van der Waals surface area contributed by atoms with E-state index >= 15 is 0 Å². The van der Waals surface area contributed by atoms with Crippen molar-refractivity contribution in [3.05, 3.63) is 62.1 Å². The number of carbonyl (C=O) groups is 2. The fourth-order valence-corrected chi connectivity index (χ4v) is 6.01. The SMILES string of the molecule is C[C@@H](C(=O)NC1CCCCC1)N(Cc1ccc(Cl)cc1Cl)C(=O)CN(c1cc(Cl)ccc1Cl)S(C)(=O)=O. The Morgan fingerprint density at radius 1 is 0.973 bits per heavy atom. The molecule has 3 rings (SSSR count). The lowest BCUT2D eigenvalue weighted by molar-refractivity contribution is -0.139. The van der Waals surface area contributed by atoms with Gasteiger partial charge < -0.3 is 10.2 Å². The third kappa shape index (κ3) is 8.14. The largest absolute Gasteiger partial charge is 0.352 e. The van der Waals surface area contributed by atoms with Crippen LogP contribution < -0.4 is 9.62 Å². The van der Waals surface area contributed by atoms with E-state index in [2.05, 4.69) is 5.32 Å². The molecule has 1 fully saturated rings. The topological polar surface area (TPSA) is 86.8 Å². The summed E-state index contributed by atoms with van der Waals surface area (Å²) in [7, 11) is -3.94. The number of nitrogens with one attached hydrogen (secondary N) is 1. The molecule has 1 saturated carbocycles. The maximum atomic E-state index is 13.7. The zero-order valence-corrected chi connectivity index (χ0v) is 24.4. The lowest BCUT2D eigenvalue weighted by atomic mass is 9.95. The molecule has 0 radical (unpaired) electrons. The smallest absolute Gasteiger partial charge is 0.244 e. The predicted octanol–water partition coefficient (Wildman–Crippen LogP) is 5.93. The van der Waals surface area contributed by atoms with Crippen molar-refractivity contribution in [2.75, 3.05) is 17.1 Å². The third-order valence-corrected chi connectivity index (χ3v) is 8.60. The van der Waals surface area contributed by atoms with E-state index in [1.165, 1.54) is 23.1 Å². The van der Waals surface area contributed by atoms with Crippen LogP contribution in [0.4, 0.5) is 5.69 Å². The molecule has 0 spiro atoms. The summed E-state index contributed by atoms with van der Waals surface area (Å²) in [5.41, 5.74) is 0.622. The zero-order valence-electron chi connectivity index (χ0n) is 20.5. The minimum atomic E-state index is -3.94. The molecule has 7 nitrogen and oxygen atoms in total. The maximum Gasteiger partial charge on any atom is 0.244 e. The predicted molar refractivity (Wildman–Crippen MR) is 150 cm³/mol. The lowest BCUT2D eigenvalue weighted by Gasteiger charge is -2.33. The van der Waals surface area contributed by atoms with Crippen LogP contribution in [0.5, 0.6) is 0 Å². The van der Waals surface area contributed by atoms with Crippen molar-refractivity contribution in [1.29, 1.82) is 0 Å². The molecule has 0 heterocycles. The molecule has 0 aliphatic heterocycles. The van der Waals surface area contributed by atoms with Crippen molar-refractivity contribution in [3.63, 3.8) is 0 Å². The zero-order chi connectivity index (χ0) is 27.3. The van der Waals surface area contributed by atoms with E-state index < -0.39 is 28.5 Å². The normalized spacial score (nSPS) is 15.2. The molecule has 0 unspecified atom stereocenters. The summed E-state index contributed by atoms with van der Waals surface area (Å²) < 4.78 is 26.3. The van der Waals surface area contributed by atoms with Gasteiger partial charge in [0.1, 0.15) is 12.6 Å². The first-order chi connectivity index (χ1) is 17.4. The van der Waals surface area contributed by atoms with Crippen LogP contribution in [-0.2, 0) is 26.2 Å². The van der Waals surface area contributed by atoms with Crippen LogP contribution in [0.2, 0.25) is 20.1 Å². The molecule has 1 atom stereocenters. The van der Waals surface area contributed by atoms with Gasteiger partial charge in [0.05, 0.1) is 17.0 Å². The average molecular weight is 609 g/mol. The van der Waals surface area contributed by atoms with Gasteiger partial charge in [0.2, 0.25) is 21.8 Å². The number of hydrogen-bond acceptors (Lipinski definition) is 4. The summed E-state index contributed by atoms with van der Waals surface area (Å²) in [4.78, 5) is 28.2. The summed E-state index contributed by atoms with van der Waals surface area (Å²) in [6.07, 6.45) is 5.93. The van der Waals surface area contributed by atoms with Gasteiger partial charge in [0.15, 0.2) is 0 Å². The van der Waals surface area contributed by atoms with E-state index in [0.717, 1.165) is 42.7 Å². The Balaban J connectivity index is 1.93. The van der Waals surface area contributed by atoms with E-state index in [-0.39, 0.29) is 34.2 Å². The number of carbonyl (C=O) groups excluding carboxylic acids is 2. The second-order valence-corrected chi connectivity index (χ2v) is 12.7. The number of hydrogen-bond donors (Lipinski definition) is 1. The van der Waals surface area contributed by atoms with Gasteiger partial charge in [-0.1, -0.05) is 71.7 Å². The molecule has 0 saturated heterocycles. The minimum absolute atomic E-state index is 0.0328. The van der Waals surface area contributed by atoms with E-state index in [1.54, 1.807) is 25.1 Å². The molecule has 0 bridgehead atoms. The van der Waals surface area contributed by atoms with Gasteiger partial charge >= 0.3 is 0 Å². The highest BCUT2D eigenvalue weighted by atomic mass is 35.5. The highest BCUT2D eigenvalue weighted by molar-refractivity contribution is 7.92. The van der Waals surface area contributed by atoms with Crippen molar-refractivity contribution in [3.8, 4) is 0 Å². The molecular formula is C25H29Cl4N3O4S. The molecule has 2 aromatic carbocycles. The van der Waals surface area contributed by atoms with Crippen molar-refractivity contribution in [2.24, 2.45) is 0 Å². The van der Waals surface area contributed by atoms with Crippen molar-refractivity contribution < 1.29 is 18.0 Å². The summed E-state index contributed by atoms with van der Waals surface area (Å²) in [5.74, 6) is -0.934. The van der Waals surface area contributed by atoms with Crippen LogP contribution in [0.3, 0.4) is 0 Å². The summed E-state index contributed by atoms with van der Waals surface area (Å²) >= 11 is 24.7. The average Bonchev–Trinajstić information content (AvgIpc) is 2.83. The van der Waals surface area contributed by atoms with Gasteiger partial charge in [-0.3, -0.25) is 13.9 Å². The van der Waals surface area contributed by atoms with Gasteiger partial charge in [0.25, 0.3) is 0 Å². The van der Waals surface area contributed by atoms with Gasteiger partial charge in [0, 0.05) is 27.7 Å². The van der Waals surface area contributed by atoms with E-state index in [0.29, 0.717) is 15.6 Å². The molecule has 202 valence electrons. The number of rotatable bonds is 9. The summed E-state index contributed by atoms with van der Waals surface area (Å²) in [6, 6.07) is 8.32. The van der Waals surface area contributed by atoms with Crippen LogP contribution in [0.25, 0.3) is 0 Å². The van der Waals surface area contributed by atoms with Gasteiger partial charge in [-0.25, -0.2) is 8.42 Å². The molecule has 0 aromatic heterocycles. The molecule has 2 aromatic rings. The van der Waals surface area contributed by atoms with Gasteiger partial charge in [-0.2, -0.15) is 0 Å². The highest BCUT2D eigenvalue weighted by Gasteiger charge is 2.32. The first-order valence-corrected chi connectivity index (χ1v) is 15.2. The maximum absolute atomic E-state index is 13.7. The van der Waals surface area contributed by atoms with Crippen molar-refractivity contribution >= 4 is 73.9 Å². The Hall–Kier alpha value is -1.71. The van der Waals surface area contributed by atoms with Gasteiger partial charge in [-0.15, -0.1) is 0 Å². The number of amides is 2. The van der Waals surface area contributed by atoms with E-state index in [1.807, 2.05) is 0 Å². The second kappa shape index (κ2) is 12.9. The Labute approximate surface area is 238 Å². The summed E-state index contributed by atoms with van der Waals surface area (Å²) in [5, 5.41) is 4.15. The molecule has 2 amide bonds. The van der Waals surface area contributed by atoms with Gasteiger partial charge in [-0.05, 0) is 55.7 Å². The van der Waals surface area contributed by atoms with Crippen molar-refractivity contribution in [1.82, 2.24) is 10.2 Å². The van der Waals surface area contributed by atoms with E-state index in [9.17, 15) is 18.0 Å². The number of nitrogens with zero attached hydrogens (tertiary/aromatic N) is 2. The standard InChI is InChI=1S/C25H29Cl4N3O4S/c1-16(25(34)30-20-6-4-3-5-7-20)31(14-17-8-9-18(26)12-22(17)29)24(33)15-32(37(2,35)36)23-13-19(27)10-11-21(23)28/h8-13,16,20H,3-7,14-15H2,1-2H3,(H,30,34)/t16-/m0/s1. The Bertz CT molecular complexity index is 1250. The minimum Gasteiger partial charge on any atom is -0.352 e. The molecule has 1 N–H and O–H groups in total. The van der Waals surface area contributed by atoms with Crippen LogP contribution in [-0.4, -0.2) is 50.0 Å². The van der Waals surface area contributed by atoms with Crippen molar-refractivity contribution in [2.45, 2.75) is 57.7 Å². The van der Waals surface area contributed by atoms with Crippen LogP contribution in [0.1, 0.15) is 44.6 Å². The quantitative estimate of drug-likeness (QED) is 0.382. The second-order valence-electron chi connectivity index (χ2n) is 9.14. The fourth-order valence-electron chi connectivity index (χ4n) is 4.26.